The Balaban J connectivity index is 2.74. The summed E-state index contributed by atoms with van der Waals surface area (Å²) in [6.07, 6.45) is -4.52. The van der Waals surface area contributed by atoms with Gasteiger partial charge < -0.3 is 4.74 Å². The summed E-state index contributed by atoms with van der Waals surface area (Å²) in [5.74, 6) is 0.434. The smallest absolute Gasteiger partial charge is 0.417 e. The molecule has 0 spiro atoms. The number of hydrogen-bond acceptors (Lipinski definition) is 2. The van der Waals surface area contributed by atoms with Gasteiger partial charge in [0.1, 0.15) is 5.75 Å². The van der Waals surface area contributed by atoms with Crippen molar-refractivity contribution in [2.24, 2.45) is 0 Å². The van der Waals surface area contributed by atoms with Crippen molar-refractivity contribution in [3.8, 4) is 22.9 Å². The Kier molecular flexibility index (Phi) is 3.66. The average Bonchev–Trinajstić information content (AvgIpc) is 2.45. The number of rotatable bonds is 2. The molecule has 2 nitrogen and oxygen atoms in total. The number of alkyl halides is 3. The quantitative estimate of drug-likeness (QED) is 0.822. The second-order valence-electron chi connectivity index (χ2n) is 4.07. The molecule has 5 heteroatoms. The van der Waals surface area contributed by atoms with Crippen LogP contribution in [0, 0.1) is 11.3 Å². The molecule has 0 bridgehead atoms. The number of ether oxygens (including phenoxy) is 1. The maximum Gasteiger partial charge on any atom is 0.417 e. The van der Waals surface area contributed by atoms with E-state index >= 15 is 0 Å². The van der Waals surface area contributed by atoms with Crippen LogP contribution in [0.1, 0.15) is 11.1 Å². The second-order valence-corrected chi connectivity index (χ2v) is 4.07. The molecule has 0 aliphatic rings. The minimum Gasteiger partial charge on any atom is -0.497 e. The molecule has 0 heterocycles. The van der Waals surface area contributed by atoms with E-state index in [1.165, 1.54) is 31.4 Å². The highest BCUT2D eigenvalue weighted by Gasteiger charge is 2.34. The molecule has 0 aliphatic carbocycles. The molecule has 2 aromatic carbocycles. The lowest BCUT2D eigenvalue weighted by Gasteiger charge is -2.15. The van der Waals surface area contributed by atoms with Crippen LogP contribution < -0.4 is 4.74 Å². The van der Waals surface area contributed by atoms with E-state index in [9.17, 15) is 13.2 Å². The van der Waals surface area contributed by atoms with Gasteiger partial charge in [-0.15, -0.1) is 0 Å². The van der Waals surface area contributed by atoms with E-state index in [4.69, 9.17) is 10.00 Å². The molecule has 0 aromatic heterocycles. The van der Waals surface area contributed by atoms with Gasteiger partial charge in [0.05, 0.1) is 24.3 Å². The zero-order chi connectivity index (χ0) is 14.8. The maximum atomic E-state index is 13.1. The predicted octanol–water partition coefficient (Wildman–Crippen LogP) is 4.25. The molecule has 0 saturated heterocycles. The van der Waals surface area contributed by atoms with Crippen LogP contribution in [0.15, 0.2) is 42.5 Å². The summed E-state index contributed by atoms with van der Waals surface area (Å²) >= 11 is 0. The fraction of sp³-hybridized carbons (Fsp3) is 0.133. The van der Waals surface area contributed by atoms with Gasteiger partial charge in [-0.1, -0.05) is 18.2 Å². The Labute approximate surface area is 114 Å². The maximum absolute atomic E-state index is 13.1. The average molecular weight is 277 g/mol. The standard InChI is InChI=1S/C15H10F3NO/c1-20-12-6-2-4-10(8-12)14-11(9-19)5-3-7-13(14)15(16,17)18/h2-8H,1H3. The van der Waals surface area contributed by atoms with Gasteiger partial charge >= 0.3 is 6.18 Å². The second kappa shape index (κ2) is 5.25. The fourth-order valence-corrected chi connectivity index (χ4v) is 1.97. The van der Waals surface area contributed by atoms with E-state index in [2.05, 4.69) is 0 Å². The number of halogens is 3. The van der Waals surface area contributed by atoms with Crippen molar-refractivity contribution in [2.45, 2.75) is 6.18 Å². The molecule has 0 amide bonds. The summed E-state index contributed by atoms with van der Waals surface area (Å²) in [6.45, 7) is 0. The fourth-order valence-electron chi connectivity index (χ4n) is 1.97. The first-order chi connectivity index (χ1) is 9.47. The highest BCUT2D eigenvalue weighted by molar-refractivity contribution is 5.75. The first-order valence-electron chi connectivity index (χ1n) is 5.72. The number of methoxy groups -OCH3 is 1. The van der Waals surface area contributed by atoms with Crippen LogP contribution >= 0.6 is 0 Å². The van der Waals surface area contributed by atoms with Gasteiger partial charge in [-0.3, -0.25) is 0 Å². The van der Waals surface area contributed by atoms with Crippen molar-refractivity contribution in [3.05, 3.63) is 53.6 Å². The molecule has 20 heavy (non-hydrogen) atoms. The number of benzene rings is 2. The molecule has 0 unspecified atom stereocenters. The molecular formula is C15H10F3NO. The zero-order valence-corrected chi connectivity index (χ0v) is 10.5. The molecule has 0 atom stereocenters. The molecule has 2 aromatic rings. The summed E-state index contributed by atoms with van der Waals surface area (Å²) < 4.78 is 44.3. The highest BCUT2D eigenvalue weighted by atomic mass is 19.4. The summed E-state index contributed by atoms with van der Waals surface area (Å²) in [5.41, 5.74) is -0.673. The van der Waals surface area contributed by atoms with Gasteiger partial charge in [0.25, 0.3) is 0 Å². The lowest BCUT2D eigenvalue weighted by atomic mass is 9.94. The molecule has 2 rings (SSSR count). The van der Waals surface area contributed by atoms with Crippen LogP contribution in [0.25, 0.3) is 11.1 Å². The van der Waals surface area contributed by atoms with Crippen LogP contribution in [0.5, 0.6) is 5.75 Å². The summed E-state index contributed by atoms with van der Waals surface area (Å²) in [4.78, 5) is 0. The van der Waals surface area contributed by atoms with Crippen molar-refractivity contribution in [1.29, 1.82) is 5.26 Å². The van der Waals surface area contributed by atoms with E-state index in [1.807, 2.05) is 0 Å². The summed E-state index contributed by atoms with van der Waals surface area (Å²) in [5, 5.41) is 9.05. The topological polar surface area (TPSA) is 33.0 Å². The van der Waals surface area contributed by atoms with Crippen molar-refractivity contribution in [1.82, 2.24) is 0 Å². The Morgan fingerprint density at radius 1 is 1.10 bits per heavy atom. The minimum atomic E-state index is -4.52. The van der Waals surface area contributed by atoms with Gasteiger partial charge in [0, 0.05) is 5.56 Å². The molecule has 0 aliphatic heterocycles. The van der Waals surface area contributed by atoms with Gasteiger partial charge in [0.2, 0.25) is 0 Å². The van der Waals surface area contributed by atoms with E-state index < -0.39 is 11.7 Å². The highest BCUT2D eigenvalue weighted by Crippen LogP contribution is 2.39. The van der Waals surface area contributed by atoms with Gasteiger partial charge in [0.15, 0.2) is 0 Å². The molecule has 0 N–H and O–H groups in total. The Hall–Kier alpha value is -2.48. The lowest BCUT2D eigenvalue weighted by molar-refractivity contribution is -0.137. The van der Waals surface area contributed by atoms with E-state index in [0.29, 0.717) is 11.3 Å². The number of nitrogens with zero attached hydrogens (tertiary/aromatic N) is 1. The van der Waals surface area contributed by atoms with E-state index in [1.54, 1.807) is 18.2 Å². The first-order valence-corrected chi connectivity index (χ1v) is 5.72. The molecule has 0 saturated carbocycles. The van der Waals surface area contributed by atoms with E-state index in [-0.39, 0.29) is 11.1 Å². The minimum absolute atomic E-state index is 0.0203. The Morgan fingerprint density at radius 3 is 2.40 bits per heavy atom. The summed E-state index contributed by atoms with van der Waals surface area (Å²) in [7, 11) is 1.43. The van der Waals surface area contributed by atoms with Gasteiger partial charge in [-0.25, -0.2) is 0 Å². The number of hydrogen-bond donors (Lipinski definition) is 0. The van der Waals surface area contributed by atoms with Crippen LogP contribution in [0.3, 0.4) is 0 Å². The monoisotopic (exact) mass is 277 g/mol. The van der Waals surface area contributed by atoms with Gasteiger partial charge in [-0.05, 0) is 29.8 Å². The van der Waals surface area contributed by atoms with Crippen LogP contribution in [0.4, 0.5) is 13.2 Å². The predicted molar refractivity (Wildman–Crippen MR) is 68.1 cm³/mol. The SMILES string of the molecule is COc1cccc(-c2c(C#N)cccc2C(F)(F)F)c1. The van der Waals surface area contributed by atoms with Gasteiger partial charge in [-0.2, -0.15) is 18.4 Å². The van der Waals surface area contributed by atoms with Crippen LogP contribution in [-0.2, 0) is 6.18 Å². The van der Waals surface area contributed by atoms with Crippen molar-refractivity contribution >= 4 is 0 Å². The lowest BCUT2D eigenvalue weighted by Crippen LogP contribution is -2.08. The zero-order valence-electron chi connectivity index (χ0n) is 10.5. The normalized spacial score (nSPS) is 10.9. The molecule has 102 valence electrons. The molecular weight excluding hydrogens is 267 g/mol. The third-order valence-electron chi connectivity index (χ3n) is 2.85. The molecule has 0 radical (unpaired) electrons. The van der Waals surface area contributed by atoms with Crippen LogP contribution in [-0.4, -0.2) is 7.11 Å². The van der Waals surface area contributed by atoms with Crippen LogP contribution in [0.2, 0.25) is 0 Å². The van der Waals surface area contributed by atoms with Crippen molar-refractivity contribution in [2.75, 3.05) is 7.11 Å². The van der Waals surface area contributed by atoms with E-state index in [0.717, 1.165) is 6.07 Å². The summed E-state index contributed by atoms with van der Waals surface area (Å²) in [6, 6.07) is 11.6. The third-order valence-corrected chi connectivity index (χ3v) is 2.85. The van der Waals surface area contributed by atoms with Crippen molar-refractivity contribution < 1.29 is 17.9 Å². The molecule has 0 fully saturated rings. The largest absolute Gasteiger partial charge is 0.497 e. The Morgan fingerprint density at radius 2 is 1.80 bits per heavy atom. The Bertz CT molecular complexity index is 672. The van der Waals surface area contributed by atoms with Crippen molar-refractivity contribution in [3.63, 3.8) is 0 Å². The third kappa shape index (κ3) is 2.59. The first kappa shape index (κ1) is 13.9. The number of nitriles is 1.